The number of rotatable bonds is 7. The van der Waals surface area contributed by atoms with Crippen LogP contribution in [-0.2, 0) is 28.7 Å². The van der Waals surface area contributed by atoms with Crippen molar-refractivity contribution in [3.8, 4) is 5.75 Å². The first-order valence-corrected chi connectivity index (χ1v) is 17.4. The van der Waals surface area contributed by atoms with Crippen molar-refractivity contribution in [2.75, 3.05) is 44.6 Å². The number of anilines is 1. The van der Waals surface area contributed by atoms with E-state index in [1.807, 2.05) is 24.3 Å². The number of nitrogens with one attached hydrogen (secondary N) is 1. The summed E-state index contributed by atoms with van der Waals surface area (Å²) in [4.78, 5) is 48.3. The molecule has 2 aromatic rings. The van der Waals surface area contributed by atoms with E-state index >= 15 is 0 Å². The zero-order valence-corrected chi connectivity index (χ0v) is 27.7. The average Bonchev–Trinajstić information content (AvgIpc) is 3.09. The highest BCUT2D eigenvalue weighted by atomic mass is 35.5. The number of aromatic hydroxyl groups is 1. The number of benzene rings is 2. The first kappa shape index (κ1) is 34.4. The molecule has 1 unspecified atom stereocenters. The molecular weight excluding hydrogens is 647 g/mol. The lowest BCUT2D eigenvalue weighted by Gasteiger charge is -2.41. The fourth-order valence-corrected chi connectivity index (χ4v) is 8.04. The number of carbonyl (C=O) groups is 3. The molecule has 4 heterocycles. The summed E-state index contributed by atoms with van der Waals surface area (Å²) in [7, 11) is 0. The summed E-state index contributed by atoms with van der Waals surface area (Å²) in [6.45, 7) is 4.47. The van der Waals surface area contributed by atoms with Crippen LogP contribution in [0.4, 0.5) is 23.7 Å². The van der Waals surface area contributed by atoms with Gasteiger partial charge in [-0.2, -0.15) is 13.2 Å². The van der Waals surface area contributed by atoms with E-state index in [-0.39, 0.29) is 42.3 Å². The Hall–Kier alpha value is -3.51. The standard InChI is InChI=1S/C35H43ClF3N5O4/c36-29-20-23(19-28(32(29)46)35(37,38)39)18-25(33(47)43-16-8-26(9-17-43)41-12-4-1-5-13-41)21-31(45)42-14-10-27(11-15-42)44-22-24-6-2-3-7-30(24)40-34(44)48/h2-3,6-7,19-20,25-27,46H,1,4-5,8-18,21-22H2,(H,40,48). The summed E-state index contributed by atoms with van der Waals surface area (Å²) < 4.78 is 41.1. The van der Waals surface area contributed by atoms with Crippen LogP contribution in [-0.4, -0.2) is 93.9 Å². The summed E-state index contributed by atoms with van der Waals surface area (Å²) in [6, 6.07) is 9.90. The zero-order valence-electron chi connectivity index (χ0n) is 27.0. The van der Waals surface area contributed by atoms with Gasteiger partial charge in [0.1, 0.15) is 5.75 Å². The number of nitrogens with zero attached hydrogens (tertiary/aromatic N) is 4. The molecule has 4 amide bonds. The Labute approximate surface area is 284 Å². The van der Waals surface area contributed by atoms with Gasteiger partial charge in [-0.3, -0.25) is 9.59 Å². The van der Waals surface area contributed by atoms with E-state index in [1.54, 1.807) is 14.7 Å². The topological polar surface area (TPSA) is 96.4 Å². The zero-order chi connectivity index (χ0) is 34.0. The number of piperidine rings is 3. The van der Waals surface area contributed by atoms with E-state index in [0.29, 0.717) is 51.6 Å². The Morgan fingerprint density at radius 3 is 2.25 bits per heavy atom. The van der Waals surface area contributed by atoms with Crippen molar-refractivity contribution in [3.63, 3.8) is 0 Å². The number of alkyl halides is 3. The third-order valence-electron chi connectivity index (χ3n) is 10.5. The molecule has 0 radical (unpaired) electrons. The number of fused-ring (bicyclic) bond motifs is 1. The lowest BCUT2D eigenvalue weighted by atomic mass is 9.91. The SMILES string of the molecule is O=C(CC(Cc1cc(Cl)c(O)c(C(F)(F)F)c1)C(=O)N1CCC(N2CCCCC2)CC1)N1CCC(N2Cc3ccccc3NC2=O)CC1. The van der Waals surface area contributed by atoms with E-state index in [0.717, 1.165) is 43.2 Å². The smallest absolute Gasteiger partial charge is 0.420 e. The molecule has 0 saturated carbocycles. The second-order valence-corrected chi connectivity index (χ2v) is 14.0. The van der Waals surface area contributed by atoms with Crippen molar-refractivity contribution in [1.82, 2.24) is 19.6 Å². The van der Waals surface area contributed by atoms with Crippen molar-refractivity contribution in [2.45, 2.75) is 82.6 Å². The van der Waals surface area contributed by atoms with Crippen LogP contribution in [0.1, 0.15) is 68.1 Å². The predicted octanol–water partition coefficient (Wildman–Crippen LogP) is 6.13. The Balaban J connectivity index is 1.13. The summed E-state index contributed by atoms with van der Waals surface area (Å²) in [5, 5.41) is 12.5. The minimum Gasteiger partial charge on any atom is -0.506 e. The van der Waals surface area contributed by atoms with E-state index in [2.05, 4.69) is 10.2 Å². The van der Waals surface area contributed by atoms with Crippen LogP contribution >= 0.6 is 11.6 Å². The number of phenolic OH excluding ortho intramolecular Hbond substituents is 1. The van der Waals surface area contributed by atoms with Crippen LogP contribution in [0.25, 0.3) is 0 Å². The minimum atomic E-state index is -4.84. The summed E-state index contributed by atoms with van der Waals surface area (Å²) >= 11 is 6.01. The van der Waals surface area contributed by atoms with Crippen molar-refractivity contribution in [1.29, 1.82) is 0 Å². The second-order valence-electron chi connectivity index (χ2n) is 13.6. The van der Waals surface area contributed by atoms with Gasteiger partial charge < -0.3 is 30.0 Å². The van der Waals surface area contributed by atoms with Gasteiger partial charge in [-0.05, 0) is 87.4 Å². The van der Waals surface area contributed by atoms with Crippen molar-refractivity contribution < 1.29 is 32.7 Å². The number of hydrogen-bond acceptors (Lipinski definition) is 5. The molecule has 3 fully saturated rings. The van der Waals surface area contributed by atoms with Crippen LogP contribution < -0.4 is 5.32 Å². The summed E-state index contributed by atoms with van der Waals surface area (Å²) in [5.41, 5.74) is 0.695. The number of para-hydroxylation sites is 1. The van der Waals surface area contributed by atoms with Crippen molar-refractivity contribution in [2.24, 2.45) is 5.92 Å². The molecule has 0 bridgehead atoms. The van der Waals surface area contributed by atoms with E-state index in [1.165, 1.54) is 25.3 Å². The highest BCUT2D eigenvalue weighted by Crippen LogP contribution is 2.41. The molecule has 4 aliphatic heterocycles. The molecule has 13 heteroatoms. The number of halogens is 4. The molecule has 4 aliphatic rings. The molecule has 260 valence electrons. The lowest BCUT2D eigenvalue weighted by Crippen LogP contribution is -2.52. The number of urea groups is 1. The van der Waals surface area contributed by atoms with E-state index in [9.17, 15) is 32.7 Å². The molecule has 0 spiro atoms. The summed E-state index contributed by atoms with van der Waals surface area (Å²) in [6.07, 6.45) is 1.25. The largest absolute Gasteiger partial charge is 0.506 e. The van der Waals surface area contributed by atoms with Crippen LogP contribution in [0.5, 0.6) is 5.75 Å². The van der Waals surface area contributed by atoms with Gasteiger partial charge in [0, 0.05) is 56.9 Å². The van der Waals surface area contributed by atoms with E-state index < -0.39 is 28.4 Å². The maximum atomic E-state index is 14.0. The number of carbonyl (C=O) groups excluding carboxylic acids is 3. The van der Waals surface area contributed by atoms with Gasteiger partial charge in [0.15, 0.2) is 0 Å². The molecule has 3 saturated heterocycles. The Bertz CT molecular complexity index is 1500. The number of amides is 4. The molecule has 1 atom stereocenters. The predicted molar refractivity (Wildman–Crippen MR) is 176 cm³/mol. The Morgan fingerprint density at radius 2 is 1.56 bits per heavy atom. The third kappa shape index (κ3) is 7.70. The number of likely N-dealkylation sites (tertiary alicyclic amines) is 3. The molecule has 9 nitrogen and oxygen atoms in total. The van der Waals surface area contributed by atoms with Gasteiger partial charge in [-0.1, -0.05) is 36.2 Å². The number of hydrogen-bond donors (Lipinski definition) is 2. The quantitative estimate of drug-likeness (QED) is 0.365. The molecular formula is C35H43ClF3N5O4. The fourth-order valence-electron chi connectivity index (χ4n) is 7.80. The van der Waals surface area contributed by atoms with Crippen LogP contribution in [0.2, 0.25) is 5.02 Å². The fraction of sp³-hybridized carbons (Fsp3) is 0.571. The molecule has 0 aliphatic carbocycles. The molecule has 6 rings (SSSR count). The highest BCUT2D eigenvalue weighted by Gasteiger charge is 2.38. The number of phenols is 1. The van der Waals surface area contributed by atoms with Gasteiger partial charge in [0.2, 0.25) is 11.8 Å². The van der Waals surface area contributed by atoms with Gasteiger partial charge >= 0.3 is 12.2 Å². The monoisotopic (exact) mass is 689 g/mol. The molecule has 0 aromatic heterocycles. The minimum absolute atomic E-state index is 0.0547. The van der Waals surface area contributed by atoms with Crippen molar-refractivity contribution >= 4 is 35.1 Å². The van der Waals surface area contributed by atoms with Crippen LogP contribution in [0.3, 0.4) is 0 Å². The third-order valence-corrected chi connectivity index (χ3v) is 10.8. The summed E-state index contributed by atoms with van der Waals surface area (Å²) in [5.74, 6) is -2.45. The first-order chi connectivity index (χ1) is 23.0. The first-order valence-electron chi connectivity index (χ1n) is 17.0. The van der Waals surface area contributed by atoms with Gasteiger partial charge in [0.05, 0.1) is 16.5 Å². The highest BCUT2D eigenvalue weighted by molar-refractivity contribution is 6.32. The van der Waals surface area contributed by atoms with Gasteiger partial charge in [-0.25, -0.2) is 4.79 Å². The lowest BCUT2D eigenvalue weighted by molar-refractivity contribution is -0.143. The second kappa shape index (κ2) is 14.5. The maximum absolute atomic E-state index is 14.0. The Kier molecular flexibility index (Phi) is 10.4. The Morgan fingerprint density at radius 1 is 0.917 bits per heavy atom. The van der Waals surface area contributed by atoms with Gasteiger partial charge in [0.25, 0.3) is 0 Å². The molecule has 48 heavy (non-hydrogen) atoms. The molecule has 2 N–H and O–H groups in total. The van der Waals surface area contributed by atoms with Crippen molar-refractivity contribution in [3.05, 3.63) is 58.1 Å². The van der Waals surface area contributed by atoms with Gasteiger partial charge in [-0.15, -0.1) is 0 Å². The molecule has 2 aromatic carbocycles. The van der Waals surface area contributed by atoms with E-state index in [4.69, 9.17) is 11.6 Å². The average molecular weight is 690 g/mol. The normalized spacial score (nSPS) is 20.8. The maximum Gasteiger partial charge on any atom is 0.420 e. The van der Waals surface area contributed by atoms with Crippen LogP contribution in [0.15, 0.2) is 36.4 Å². The van der Waals surface area contributed by atoms with Crippen LogP contribution in [0, 0.1) is 5.92 Å².